The Bertz CT molecular complexity index is 608. The summed E-state index contributed by atoms with van der Waals surface area (Å²) in [4.78, 5) is 12.6. The molecule has 1 aliphatic carbocycles. The third-order valence-electron chi connectivity index (χ3n) is 4.56. The number of Topliss-reactive ketones (excluding diaryl/α,β-unsaturated/α-hetero) is 1. The molecule has 0 aromatic heterocycles. The molecule has 0 heterocycles. The van der Waals surface area contributed by atoms with Crippen molar-refractivity contribution in [1.82, 2.24) is 0 Å². The Balaban J connectivity index is 1.67. The first-order chi connectivity index (χ1) is 10.2. The highest BCUT2D eigenvalue weighted by atomic mass is 16.1. The second-order valence-electron chi connectivity index (χ2n) is 5.99. The average Bonchev–Trinajstić information content (AvgIpc) is 3.35. The molecule has 108 valence electrons. The van der Waals surface area contributed by atoms with E-state index in [4.69, 9.17) is 5.73 Å². The first-order valence-corrected chi connectivity index (χ1v) is 7.57. The van der Waals surface area contributed by atoms with E-state index in [2.05, 4.69) is 12.1 Å². The Kier molecular flexibility index (Phi) is 3.89. The summed E-state index contributed by atoms with van der Waals surface area (Å²) in [6.45, 7) is 1.96. The van der Waals surface area contributed by atoms with Crippen LogP contribution in [0, 0.1) is 11.8 Å². The van der Waals surface area contributed by atoms with Gasteiger partial charge in [0, 0.05) is 17.9 Å². The molecule has 21 heavy (non-hydrogen) atoms. The van der Waals surface area contributed by atoms with E-state index in [1.54, 1.807) is 0 Å². The summed E-state index contributed by atoms with van der Waals surface area (Å²) < 4.78 is 0. The van der Waals surface area contributed by atoms with Gasteiger partial charge in [-0.2, -0.15) is 0 Å². The number of carbonyl (C=O) groups is 1. The highest BCUT2D eigenvalue weighted by Crippen LogP contribution is 2.49. The third kappa shape index (κ3) is 2.91. The van der Waals surface area contributed by atoms with Crippen molar-refractivity contribution in [2.75, 3.05) is 0 Å². The highest BCUT2D eigenvalue weighted by molar-refractivity contribution is 5.87. The Morgan fingerprint density at radius 1 is 1.05 bits per heavy atom. The SMILES string of the molecule is CC(C(=O)C1CC1c1ccccc1)C(N)c1ccccc1. The molecule has 2 N–H and O–H groups in total. The Morgan fingerprint density at radius 3 is 2.24 bits per heavy atom. The van der Waals surface area contributed by atoms with Crippen LogP contribution >= 0.6 is 0 Å². The smallest absolute Gasteiger partial charge is 0.141 e. The molecule has 4 unspecified atom stereocenters. The quantitative estimate of drug-likeness (QED) is 0.907. The largest absolute Gasteiger partial charge is 0.323 e. The summed E-state index contributed by atoms with van der Waals surface area (Å²) in [6.07, 6.45) is 0.967. The van der Waals surface area contributed by atoms with Crippen molar-refractivity contribution in [1.29, 1.82) is 0 Å². The van der Waals surface area contributed by atoms with Crippen LogP contribution < -0.4 is 5.73 Å². The fourth-order valence-electron chi connectivity index (χ4n) is 3.06. The lowest BCUT2D eigenvalue weighted by Gasteiger charge is -2.19. The molecule has 1 saturated carbocycles. The van der Waals surface area contributed by atoms with Gasteiger partial charge >= 0.3 is 0 Å². The van der Waals surface area contributed by atoms with Gasteiger partial charge in [0.15, 0.2) is 0 Å². The van der Waals surface area contributed by atoms with E-state index in [1.807, 2.05) is 55.5 Å². The normalized spacial score (nSPS) is 23.3. The number of rotatable bonds is 5. The number of ketones is 1. The number of benzene rings is 2. The second-order valence-corrected chi connectivity index (χ2v) is 5.99. The van der Waals surface area contributed by atoms with Crippen LogP contribution in [-0.4, -0.2) is 5.78 Å². The molecule has 1 fully saturated rings. The molecular formula is C19H21NO. The molecule has 0 bridgehead atoms. The van der Waals surface area contributed by atoms with Gasteiger partial charge in [0.25, 0.3) is 0 Å². The first-order valence-electron chi connectivity index (χ1n) is 7.57. The van der Waals surface area contributed by atoms with E-state index in [0.29, 0.717) is 11.7 Å². The number of carbonyl (C=O) groups excluding carboxylic acids is 1. The second kappa shape index (κ2) is 5.82. The maximum absolute atomic E-state index is 12.6. The van der Waals surface area contributed by atoms with Crippen molar-refractivity contribution >= 4 is 5.78 Å². The van der Waals surface area contributed by atoms with Crippen molar-refractivity contribution < 1.29 is 4.79 Å². The zero-order chi connectivity index (χ0) is 14.8. The summed E-state index contributed by atoms with van der Waals surface area (Å²) in [5.74, 6) is 0.715. The molecule has 1 aliphatic rings. The standard InChI is InChI=1S/C19H21NO/c1-13(18(20)15-10-6-3-7-11-15)19(21)17-12-16(17)14-8-4-2-5-9-14/h2-11,13,16-18H,12,20H2,1H3. The minimum absolute atomic E-state index is 0.133. The molecule has 0 saturated heterocycles. The maximum Gasteiger partial charge on any atom is 0.141 e. The fraction of sp³-hybridized carbons (Fsp3) is 0.316. The lowest BCUT2D eigenvalue weighted by atomic mass is 9.89. The van der Waals surface area contributed by atoms with Gasteiger partial charge in [0.1, 0.15) is 5.78 Å². The van der Waals surface area contributed by atoms with E-state index in [1.165, 1.54) is 5.56 Å². The number of nitrogens with two attached hydrogens (primary N) is 1. The molecule has 0 spiro atoms. The minimum Gasteiger partial charge on any atom is -0.323 e. The lowest BCUT2D eigenvalue weighted by Crippen LogP contribution is -2.27. The lowest BCUT2D eigenvalue weighted by molar-refractivity contribution is -0.124. The summed E-state index contributed by atoms with van der Waals surface area (Å²) in [6, 6.07) is 20.0. The van der Waals surface area contributed by atoms with Crippen molar-refractivity contribution in [2.45, 2.75) is 25.3 Å². The van der Waals surface area contributed by atoms with Crippen molar-refractivity contribution in [3.05, 3.63) is 71.8 Å². The zero-order valence-corrected chi connectivity index (χ0v) is 12.3. The van der Waals surface area contributed by atoms with Crippen LogP contribution in [0.5, 0.6) is 0 Å². The Labute approximate surface area is 126 Å². The number of hydrogen-bond acceptors (Lipinski definition) is 2. The van der Waals surface area contributed by atoms with Gasteiger partial charge in [-0.1, -0.05) is 67.6 Å². The highest BCUT2D eigenvalue weighted by Gasteiger charge is 2.45. The molecule has 0 radical (unpaired) electrons. The molecule has 3 rings (SSSR count). The maximum atomic E-state index is 12.6. The van der Waals surface area contributed by atoms with E-state index in [0.717, 1.165) is 12.0 Å². The van der Waals surface area contributed by atoms with Gasteiger partial charge in [-0.15, -0.1) is 0 Å². The van der Waals surface area contributed by atoms with Gasteiger partial charge in [0.2, 0.25) is 0 Å². The first kappa shape index (κ1) is 14.0. The van der Waals surface area contributed by atoms with Gasteiger partial charge in [-0.3, -0.25) is 4.79 Å². The summed E-state index contributed by atoms with van der Waals surface area (Å²) in [5.41, 5.74) is 8.58. The fourth-order valence-corrected chi connectivity index (χ4v) is 3.06. The van der Waals surface area contributed by atoms with E-state index in [-0.39, 0.29) is 17.9 Å². The minimum atomic E-state index is -0.212. The molecule has 2 heteroatoms. The van der Waals surface area contributed by atoms with Gasteiger partial charge < -0.3 is 5.73 Å². The molecule has 2 aromatic carbocycles. The predicted octanol–water partition coefficient (Wildman–Crippen LogP) is 3.70. The molecule has 2 aromatic rings. The van der Waals surface area contributed by atoms with Gasteiger partial charge in [0.05, 0.1) is 0 Å². The van der Waals surface area contributed by atoms with Crippen molar-refractivity contribution in [3.63, 3.8) is 0 Å². The van der Waals surface area contributed by atoms with Crippen LogP contribution in [0.4, 0.5) is 0 Å². The molecule has 0 aliphatic heterocycles. The van der Waals surface area contributed by atoms with E-state index in [9.17, 15) is 4.79 Å². The summed E-state index contributed by atoms with van der Waals surface area (Å²) in [7, 11) is 0. The van der Waals surface area contributed by atoms with Crippen LogP contribution in [-0.2, 0) is 4.79 Å². The Hall–Kier alpha value is -1.93. The van der Waals surface area contributed by atoms with E-state index < -0.39 is 0 Å². The van der Waals surface area contributed by atoms with Crippen LogP contribution in [0.3, 0.4) is 0 Å². The molecular weight excluding hydrogens is 258 g/mol. The third-order valence-corrected chi connectivity index (χ3v) is 4.56. The summed E-state index contributed by atoms with van der Waals surface area (Å²) in [5, 5.41) is 0. The van der Waals surface area contributed by atoms with Crippen molar-refractivity contribution in [3.8, 4) is 0 Å². The molecule has 2 nitrogen and oxygen atoms in total. The number of hydrogen-bond donors (Lipinski definition) is 1. The van der Waals surface area contributed by atoms with Crippen LogP contribution in [0.2, 0.25) is 0 Å². The van der Waals surface area contributed by atoms with Gasteiger partial charge in [-0.25, -0.2) is 0 Å². The molecule has 4 atom stereocenters. The van der Waals surface area contributed by atoms with Crippen LogP contribution in [0.15, 0.2) is 60.7 Å². The predicted molar refractivity (Wildman–Crippen MR) is 84.8 cm³/mol. The molecule has 0 amide bonds. The van der Waals surface area contributed by atoms with Gasteiger partial charge in [-0.05, 0) is 23.5 Å². The Morgan fingerprint density at radius 2 is 1.62 bits per heavy atom. The average molecular weight is 279 g/mol. The monoisotopic (exact) mass is 279 g/mol. The van der Waals surface area contributed by atoms with Crippen LogP contribution in [0.1, 0.15) is 36.4 Å². The topological polar surface area (TPSA) is 43.1 Å². The summed E-state index contributed by atoms with van der Waals surface area (Å²) >= 11 is 0. The zero-order valence-electron chi connectivity index (χ0n) is 12.3. The van der Waals surface area contributed by atoms with Crippen molar-refractivity contribution in [2.24, 2.45) is 17.6 Å². The van der Waals surface area contributed by atoms with E-state index >= 15 is 0 Å². The van der Waals surface area contributed by atoms with Crippen LogP contribution in [0.25, 0.3) is 0 Å².